The molecule has 15 heavy (non-hydrogen) atoms. The Bertz CT molecular complexity index is 446. The van der Waals surface area contributed by atoms with E-state index in [1.807, 2.05) is 16.2 Å². The standard InChI is InChI=1S/C9H10N4O2/c10-12-9(14)7-3-8(15-5-7)4-13-2-1-11-6-13/h1-3,5-6H,4,10H2,(H,12,14). The summed E-state index contributed by atoms with van der Waals surface area (Å²) in [6.45, 7) is 0.540. The van der Waals surface area contributed by atoms with E-state index in [2.05, 4.69) is 4.98 Å². The predicted molar refractivity (Wildman–Crippen MR) is 51.7 cm³/mol. The minimum absolute atomic E-state index is 0.365. The maximum atomic E-state index is 11.1. The molecule has 78 valence electrons. The van der Waals surface area contributed by atoms with Gasteiger partial charge < -0.3 is 8.98 Å². The molecule has 2 rings (SSSR count). The average molecular weight is 206 g/mol. The average Bonchev–Trinajstić information content (AvgIpc) is 2.88. The molecule has 2 aromatic heterocycles. The van der Waals surface area contributed by atoms with Gasteiger partial charge in [-0.2, -0.15) is 0 Å². The molecule has 0 unspecified atom stereocenters. The Morgan fingerprint density at radius 2 is 2.53 bits per heavy atom. The molecule has 0 spiro atoms. The van der Waals surface area contributed by atoms with Gasteiger partial charge in [0.15, 0.2) is 0 Å². The molecule has 0 aliphatic carbocycles. The van der Waals surface area contributed by atoms with E-state index in [4.69, 9.17) is 10.3 Å². The van der Waals surface area contributed by atoms with Gasteiger partial charge in [0.05, 0.1) is 18.4 Å². The second kappa shape index (κ2) is 3.97. The molecular formula is C9H10N4O2. The summed E-state index contributed by atoms with van der Waals surface area (Å²) in [7, 11) is 0. The van der Waals surface area contributed by atoms with Gasteiger partial charge in [0.2, 0.25) is 0 Å². The zero-order valence-corrected chi connectivity index (χ0v) is 7.88. The molecule has 0 bridgehead atoms. The van der Waals surface area contributed by atoms with Crippen molar-refractivity contribution in [3.05, 3.63) is 42.4 Å². The van der Waals surface area contributed by atoms with Crippen molar-refractivity contribution in [2.24, 2.45) is 5.84 Å². The lowest BCUT2D eigenvalue weighted by Gasteiger charge is -1.96. The van der Waals surface area contributed by atoms with Crippen LogP contribution in [0.15, 0.2) is 35.5 Å². The van der Waals surface area contributed by atoms with E-state index >= 15 is 0 Å². The van der Waals surface area contributed by atoms with Gasteiger partial charge in [0, 0.05) is 12.4 Å². The van der Waals surface area contributed by atoms with E-state index in [1.165, 1.54) is 6.26 Å². The Morgan fingerprint density at radius 3 is 3.20 bits per heavy atom. The van der Waals surface area contributed by atoms with Crippen molar-refractivity contribution in [1.29, 1.82) is 0 Å². The number of hydrogen-bond donors (Lipinski definition) is 2. The molecule has 0 aliphatic heterocycles. The van der Waals surface area contributed by atoms with Crippen molar-refractivity contribution in [2.75, 3.05) is 0 Å². The third-order valence-electron chi connectivity index (χ3n) is 1.94. The Labute approximate surface area is 85.7 Å². The van der Waals surface area contributed by atoms with Crippen LogP contribution in [0.25, 0.3) is 0 Å². The van der Waals surface area contributed by atoms with Gasteiger partial charge in [-0.05, 0) is 6.07 Å². The van der Waals surface area contributed by atoms with Crippen molar-refractivity contribution in [2.45, 2.75) is 6.54 Å². The number of hydrogen-bond acceptors (Lipinski definition) is 4. The lowest BCUT2D eigenvalue weighted by atomic mass is 10.3. The number of carbonyl (C=O) groups excluding carboxylic acids is 1. The Kier molecular flexibility index (Phi) is 2.51. The molecule has 0 saturated carbocycles. The second-order valence-electron chi connectivity index (χ2n) is 3.01. The van der Waals surface area contributed by atoms with Gasteiger partial charge in [-0.1, -0.05) is 0 Å². The Hall–Kier alpha value is -2.08. The van der Waals surface area contributed by atoms with E-state index < -0.39 is 0 Å². The zero-order chi connectivity index (χ0) is 10.7. The van der Waals surface area contributed by atoms with Crippen molar-refractivity contribution >= 4 is 5.91 Å². The number of carbonyl (C=O) groups is 1. The Balaban J connectivity index is 2.11. The number of furan rings is 1. The van der Waals surface area contributed by atoms with Crippen molar-refractivity contribution in [3.63, 3.8) is 0 Å². The molecule has 2 heterocycles. The summed E-state index contributed by atoms with van der Waals surface area (Å²) in [6, 6.07) is 1.64. The van der Waals surface area contributed by atoms with Crippen LogP contribution in [0.5, 0.6) is 0 Å². The molecule has 0 atom stereocenters. The van der Waals surface area contributed by atoms with Crippen LogP contribution in [0.1, 0.15) is 16.1 Å². The van der Waals surface area contributed by atoms with Crippen LogP contribution in [0.3, 0.4) is 0 Å². The smallest absolute Gasteiger partial charge is 0.268 e. The van der Waals surface area contributed by atoms with E-state index in [0.29, 0.717) is 17.9 Å². The first-order chi connectivity index (χ1) is 7.29. The van der Waals surface area contributed by atoms with Gasteiger partial charge in [0.1, 0.15) is 12.0 Å². The van der Waals surface area contributed by atoms with Crippen LogP contribution in [0, 0.1) is 0 Å². The summed E-state index contributed by atoms with van der Waals surface area (Å²) < 4.78 is 7.03. The fraction of sp³-hybridized carbons (Fsp3) is 0.111. The number of nitrogens with one attached hydrogen (secondary N) is 1. The molecule has 1 amide bonds. The monoisotopic (exact) mass is 206 g/mol. The molecule has 6 heteroatoms. The fourth-order valence-electron chi connectivity index (χ4n) is 1.23. The SMILES string of the molecule is NNC(=O)c1coc(Cn2ccnc2)c1. The Morgan fingerprint density at radius 1 is 1.67 bits per heavy atom. The number of nitrogens with zero attached hydrogens (tertiary/aromatic N) is 2. The first kappa shape index (κ1) is 9.47. The number of rotatable bonds is 3. The summed E-state index contributed by atoms with van der Waals surface area (Å²) >= 11 is 0. The molecule has 0 fully saturated rings. The number of imidazole rings is 1. The number of aromatic nitrogens is 2. The fourth-order valence-corrected chi connectivity index (χ4v) is 1.23. The largest absolute Gasteiger partial charge is 0.467 e. The molecular weight excluding hydrogens is 196 g/mol. The maximum Gasteiger partial charge on any atom is 0.268 e. The third kappa shape index (κ3) is 2.05. The highest BCUT2D eigenvalue weighted by atomic mass is 16.3. The summed E-state index contributed by atoms with van der Waals surface area (Å²) in [5.41, 5.74) is 2.45. The summed E-state index contributed by atoms with van der Waals surface area (Å²) in [5.74, 6) is 5.30. The minimum atomic E-state index is -0.365. The van der Waals surface area contributed by atoms with Crippen LogP contribution in [-0.2, 0) is 6.54 Å². The molecule has 0 radical (unpaired) electrons. The predicted octanol–water partition coefficient (Wildman–Crippen LogP) is 0.128. The van der Waals surface area contributed by atoms with E-state index in [0.717, 1.165) is 0 Å². The number of nitrogen functional groups attached to an aromatic ring is 1. The summed E-state index contributed by atoms with van der Waals surface area (Å²) in [4.78, 5) is 15.0. The van der Waals surface area contributed by atoms with Crippen LogP contribution >= 0.6 is 0 Å². The second-order valence-corrected chi connectivity index (χ2v) is 3.01. The number of amides is 1. The highest BCUT2D eigenvalue weighted by Gasteiger charge is 2.08. The zero-order valence-electron chi connectivity index (χ0n) is 7.88. The van der Waals surface area contributed by atoms with Gasteiger partial charge >= 0.3 is 0 Å². The molecule has 2 aromatic rings. The van der Waals surface area contributed by atoms with E-state index in [-0.39, 0.29) is 5.91 Å². The normalized spacial score (nSPS) is 10.2. The van der Waals surface area contributed by atoms with Gasteiger partial charge in [0.25, 0.3) is 5.91 Å². The summed E-state index contributed by atoms with van der Waals surface area (Å²) in [6.07, 6.45) is 6.53. The summed E-state index contributed by atoms with van der Waals surface area (Å²) in [5, 5.41) is 0. The first-order valence-corrected chi connectivity index (χ1v) is 4.33. The van der Waals surface area contributed by atoms with Crippen LogP contribution in [0.4, 0.5) is 0 Å². The van der Waals surface area contributed by atoms with Crippen molar-refractivity contribution in [1.82, 2.24) is 15.0 Å². The first-order valence-electron chi connectivity index (χ1n) is 4.33. The molecule has 0 saturated heterocycles. The topological polar surface area (TPSA) is 86.1 Å². The number of hydrazine groups is 1. The van der Waals surface area contributed by atoms with Crippen LogP contribution in [-0.4, -0.2) is 15.5 Å². The number of nitrogens with two attached hydrogens (primary N) is 1. The highest BCUT2D eigenvalue weighted by Crippen LogP contribution is 2.09. The molecule has 0 aliphatic rings. The van der Waals surface area contributed by atoms with Gasteiger partial charge in [-0.25, -0.2) is 10.8 Å². The van der Waals surface area contributed by atoms with Crippen LogP contribution in [0.2, 0.25) is 0 Å². The third-order valence-corrected chi connectivity index (χ3v) is 1.94. The lowest BCUT2D eigenvalue weighted by molar-refractivity contribution is 0.0953. The van der Waals surface area contributed by atoms with E-state index in [1.54, 1.807) is 18.6 Å². The molecule has 3 N–H and O–H groups in total. The van der Waals surface area contributed by atoms with Crippen molar-refractivity contribution in [3.8, 4) is 0 Å². The van der Waals surface area contributed by atoms with Gasteiger partial charge in [-0.15, -0.1) is 0 Å². The lowest BCUT2D eigenvalue weighted by Crippen LogP contribution is -2.29. The quantitative estimate of drug-likeness (QED) is 0.424. The van der Waals surface area contributed by atoms with Gasteiger partial charge in [-0.3, -0.25) is 10.2 Å². The van der Waals surface area contributed by atoms with E-state index in [9.17, 15) is 4.79 Å². The maximum absolute atomic E-state index is 11.1. The molecule has 6 nitrogen and oxygen atoms in total. The van der Waals surface area contributed by atoms with Crippen molar-refractivity contribution < 1.29 is 9.21 Å². The van der Waals surface area contributed by atoms with Crippen LogP contribution < -0.4 is 11.3 Å². The highest BCUT2D eigenvalue weighted by molar-refractivity contribution is 5.93. The minimum Gasteiger partial charge on any atom is -0.467 e. The molecule has 0 aromatic carbocycles.